The second-order valence-corrected chi connectivity index (χ2v) is 4.66. The Labute approximate surface area is 116 Å². The van der Waals surface area contributed by atoms with Crippen molar-refractivity contribution in [3.8, 4) is 11.5 Å². The standard InChI is InChI=1S/C14H15NO5/c16-11(8-10-14(17)20-4-3-15-10)9-1-2-12-13(7-9)19-6-5-18-12/h1-2,7,10,15H,3-6,8H2. The second-order valence-electron chi connectivity index (χ2n) is 4.66. The SMILES string of the molecule is O=C(CC1NCCOC1=O)c1ccc2c(c1)OCCO2. The van der Waals surface area contributed by atoms with E-state index in [4.69, 9.17) is 14.2 Å². The third-order valence-electron chi connectivity index (χ3n) is 3.28. The van der Waals surface area contributed by atoms with Crippen LogP contribution >= 0.6 is 0 Å². The number of ether oxygens (including phenoxy) is 3. The maximum absolute atomic E-state index is 12.2. The van der Waals surface area contributed by atoms with Gasteiger partial charge in [-0.1, -0.05) is 0 Å². The van der Waals surface area contributed by atoms with Crippen molar-refractivity contribution < 1.29 is 23.8 Å². The van der Waals surface area contributed by atoms with Crippen LogP contribution in [0.1, 0.15) is 16.8 Å². The van der Waals surface area contributed by atoms with E-state index in [9.17, 15) is 9.59 Å². The Bertz CT molecular complexity index is 542. The van der Waals surface area contributed by atoms with Crippen LogP contribution in [0, 0.1) is 0 Å². The molecule has 20 heavy (non-hydrogen) atoms. The van der Waals surface area contributed by atoms with E-state index in [-0.39, 0.29) is 18.2 Å². The van der Waals surface area contributed by atoms with E-state index in [1.165, 1.54) is 0 Å². The molecule has 2 aliphatic heterocycles. The maximum atomic E-state index is 12.2. The van der Waals surface area contributed by atoms with E-state index in [0.717, 1.165) is 0 Å². The number of Topliss-reactive ketones (excluding diaryl/α,β-unsaturated/α-hetero) is 1. The van der Waals surface area contributed by atoms with Gasteiger partial charge in [-0.2, -0.15) is 0 Å². The summed E-state index contributed by atoms with van der Waals surface area (Å²) in [6, 6.07) is 4.49. The zero-order valence-corrected chi connectivity index (χ0v) is 10.9. The van der Waals surface area contributed by atoms with E-state index >= 15 is 0 Å². The van der Waals surface area contributed by atoms with E-state index in [2.05, 4.69) is 5.32 Å². The molecule has 6 heteroatoms. The minimum Gasteiger partial charge on any atom is -0.486 e. The summed E-state index contributed by atoms with van der Waals surface area (Å²) in [5.41, 5.74) is 0.509. The van der Waals surface area contributed by atoms with Gasteiger partial charge in [0.1, 0.15) is 25.9 Å². The molecule has 3 rings (SSSR count). The Hall–Kier alpha value is -2.08. The Morgan fingerprint density at radius 3 is 2.75 bits per heavy atom. The molecule has 1 atom stereocenters. The highest BCUT2D eigenvalue weighted by Crippen LogP contribution is 2.31. The predicted molar refractivity (Wildman–Crippen MR) is 69.1 cm³/mol. The van der Waals surface area contributed by atoms with Crippen molar-refractivity contribution in [2.24, 2.45) is 0 Å². The molecule has 0 aliphatic carbocycles. The van der Waals surface area contributed by atoms with Crippen molar-refractivity contribution in [1.82, 2.24) is 5.32 Å². The molecule has 0 aromatic heterocycles. The number of benzene rings is 1. The third-order valence-corrected chi connectivity index (χ3v) is 3.28. The fourth-order valence-electron chi connectivity index (χ4n) is 2.24. The van der Waals surface area contributed by atoms with Crippen molar-refractivity contribution in [2.75, 3.05) is 26.4 Å². The quantitative estimate of drug-likeness (QED) is 0.642. The highest BCUT2D eigenvalue weighted by Gasteiger charge is 2.27. The second kappa shape index (κ2) is 5.50. The minimum absolute atomic E-state index is 0.0818. The topological polar surface area (TPSA) is 73.9 Å². The molecule has 1 aromatic carbocycles. The summed E-state index contributed by atoms with van der Waals surface area (Å²) in [6.07, 6.45) is 0.0818. The Morgan fingerprint density at radius 2 is 1.95 bits per heavy atom. The highest BCUT2D eigenvalue weighted by molar-refractivity contribution is 5.99. The van der Waals surface area contributed by atoms with Crippen LogP contribution in [0.4, 0.5) is 0 Å². The first-order valence-corrected chi connectivity index (χ1v) is 6.57. The van der Waals surface area contributed by atoms with Crippen LogP contribution in [-0.2, 0) is 9.53 Å². The highest BCUT2D eigenvalue weighted by atomic mass is 16.6. The number of carbonyl (C=O) groups excluding carboxylic acids is 2. The molecule has 0 amide bonds. The van der Waals surface area contributed by atoms with Gasteiger partial charge in [0.05, 0.1) is 0 Å². The largest absolute Gasteiger partial charge is 0.486 e. The van der Waals surface area contributed by atoms with Crippen LogP contribution in [0.15, 0.2) is 18.2 Å². The molecule has 0 saturated carbocycles. The molecule has 1 unspecified atom stereocenters. The molecular formula is C14H15NO5. The van der Waals surface area contributed by atoms with Gasteiger partial charge in [-0.25, -0.2) is 0 Å². The van der Waals surface area contributed by atoms with E-state index in [0.29, 0.717) is 43.4 Å². The smallest absolute Gasteiger partial charge is 0.323 e. The van der Waals surface area contributed by atoms with Gasteiger partial charge in [0.15, 0.2) is 17.3 Å². The first-order chi connectivity index (χ1) is 9.74. The van der Waals surface area contributed by atoms with Crippen LogP contribution in [0.25, 0.3) is 0 Å². The first kappa shape index (κ1) is 12.9. The minimum atomic E-state index is -0.565. The number of ketones is 1. The predicted octanol–water partition coefficient (Wildman–Crippen LogP) is 0.546. The third kappa shape index (κ3) is 2.60. The van der Waals surface area contributed by atoms with Crippen molar-refractivity contribution in [2.45, 2.75) is 12.5 Å². The van der Waals surface area contributed by atoms with Gasteiger partial charge in [-0.05, 0) is 18.2 Å². The number of carbonyl (C=O) groups is 2. The molecule has 2 heterocycles. The molecular weight excluding hydrogens is 262 g/mol. The maximum Gasteiger partial charge on any atom is 0.323 e. The van der Waals surface area contributed by atoms with Crippen molar-refractivity contribution in [3.05, 3.63) is 23.8 Å². The van der Waals surface area contributed by atoms with Crippen LogP contribution < -0.4 is 14.8 Å². The molecule has 2 aliphatic rings. The Kier molecular flexibility index (Phi) is 3.56. The number of hydrogen-bond donors (Lipinski definition) is 1. The van der Waals surface area contributed by atoms with Crippen LogP contribution in [0.5, 0.6) is 11.5 Å². The number of esters is 1. The van der Waals surface area contributed by atoms with Crippen molar-refractivity contribution in [3.63, 3.8) is 0 Å². The summed E-state index contributed by atoms with van der Waals surface area (Å²) in [5, 5.41) is 2.98. The van der Waals surface area contributed by atoms with Crippen LogP contribution in [-0.4, -0.2) is 44.2 Å². The summed E-state index contributed by atoms with van der Waals surface area (Å²) < 4.78 is 15.8. The van der Waals surface area contributed by atoms with Gasteiger partial charge in [-0.3, -0.25) is 9.59 Å². The molecule has 0 radical (unpaired) electrons. The van der Waals surface area contributed by atoms with Gasteiger partial charge < -0.3 is 19.5 Å². The van der Waals surface area contributed by atoms with Gasteiger partial charge >= 0.3 is 5.97 Å². The van der Waals surface area contributed by atoms with Crippen LogP contribution in [0.3, 0.4) is 0 Å². The number of rotatable bonds is 3. The monoisotopic (exact) mass is 277 g/mol. The molecule has 1 N–H and O–H groups in total. The zero-order chi connectivity index (χ0) is 13.9. The van der Waals surface area contributed by atoms with Crippen molar-refractivity contribution >= 4 is 11.8 Å². The number of fused-ring (bicyclic) bond motifs is 1. The lowest BCUT2D eigenvalue weighted by molar-refractivity contribution is -0.149. The lowest BCUT2D eigenvalue weighted by Gasteiger charge is -2.22. The van der Waals surface area contributed by atoms with Gasteiger partial charge in [-0.15, -0.1) is 0 Å². The van der Waals surface area contributed by atoms with Gasteiger partial charge in [0.2, 0.25) is 0 Å². The number of hydrogen-bond acceptors (Lipinski definition) is 6. The Balaban J connectivity index is 1.72. The lowest BCUT2D eigenvalue weighted by Crippen LogP contribution is -2.46. The summed E-state index contributed by atoms with van der Waals surface area (Å²) in [6.45, 7) is 1.91. The first-order valence-electron chi connectivity index (χ1n) is 6.57. The van der Waals surface area contributed by atoms with Gasteiger partial charge in [0, 0.05) is 18.5 Å². The fourth-order valence-corrected chi connectivity index (χ4v) is 2.24. The molecule has 1 saturated heterocycles. The lowest BCUT2D eigenvalue weighted by atomic mass is 10.0. The van der Waals surface area contributed by atoms with Crippen LogP contribution in [0.2, 0.25) is 0 Å². The molecule has 1 fully saturated rings. The fraction of sp³-hybridized carbons (Fsp3) is 0.429. The van der Waals surface area contributed by atoms with Crippen molar-refractivity contribution in [1.29, 1.82) is 0 Å². The van der Waals surface area contributed by atoms with E-state index in [1.54, 1.807) is 18.2 Å². The molecule has 0 spiro atoms. The normalized spacial score (nSPS) is 21.2. The van der Waals surface area contributed by atoms with E-state index in [1.807, 2.05) is 0 Å². The molecule has 106 valence electrons. The van der Waals surface area contributed by atoms with Gasteiger partial charge in [0.25, 0.3) is 0 Å². The molecule has 0 bridgehead atoms. The number of nitrogens with one attached hydrogen (secondary N) is 1. The molecule has 1 aromatic rings. The average Bonchev–Trinajstić information content (AvgIpc) is 2.49. The summed E-state index contributed by atoms with van der Waals surface area (Å²) in [7, 11) is 0. The zero-order valence-electron chi connectivity index (χ0n) is 10.9. The summed E-state index contributed by atoms with van der Waals surface area (Å²) in [5.74, 6) is 0.713. The van der Waals surface area contributed by atoms with E-state index < -0.39 is 6.04 Å². The summed E-state index contributed by atoms with van der Waals surface area (Å²) >= 11 is 0. The Morgan fingerprint density at radius 1 is 1.15 bits per heavy atom. The summed E-state index contributed by atoms with van der Waals surface area (Å²) in [4.78, 5) is 23.7. The number of morpholine rings is 1. The number of cyclic esters (lactones) is 1. The average molecular weight is 277 g/mol. The molecule has 6 nitrogen and oxygen atoms in total.